The Labute approximate surface area is 422 Å². The number of hydrogen-bond acceptors (Lipinski definition) is 13. The van der Waals surface area contributed by atoms with Crippen molar-refractivity contribution in [2.45, 2.75) is 79.1 Å². The van der Waals surface area contributed by atoms with Crippen LogP contribution in [0, 0.1) is 20.2 Å². The molecule has 1 aliphatic carbocycles. The van der Waals surface area contributed by atoms with E-state index in [1.165, 1.54) is 24.3 Å². The highest BCUT2D eigenvalue weighted by atomic mass is 16.6. The fourth-order valence-electron chi connectivity index (χ4n) is 9.29. The molecule has 0 saturated carbocycles. The molecule has 0 saturated heterocycles. The van der Waals surface area contributed by atoms with Crippen LogP contribution in [0.5, 0.6) is 23.0 Å². The first-order valence-corrected chi connectivity index (χ1v) is 24.8. The smallest absolute Gasteiger partial charge is 0.269 e. The van der Waals surface area contributed by atoms with Gasteiger partial charge >= 0.3 is 0 Å². The van der Waals surface area contributed by atoms with Crippen molar-refractivity contribution < 1.29 is 28.8 Å². The molecule has 1 aliphatic rings. The fraction of sp³-hybridized carbons (Fsp3) is 0.286. The molecule has 2 N–H and O–H groups in total. The van der Waals surface area contributed by atoms with Crippen LogP contribution in [0.2, 0.25) is 0 Å². The SMILES string of the molecule is CCCOc1c2cccc1Cc1cccc(c1OCCC)Cc1c(OCCC)c(c(-n3cc(-c4ccc([N+](=O)[O-])cc4)nn3)c(N)c1-n1cc(-c3ccc([N+](=O)[O-])cc3)nn1)Cc1cccc(c1OCCC)C2. The van der Waals surface area contributed by atoms with E-state index in [2.05, 4.69) is 73.4 Å². The molecule has 9 rings (SSSR count). The zero-order chi connectivity index (χ0) is 51.0. The van der Waals surface area contributed by atoms with Crippen LogP contribution in [0.3, 0.4) is 0 Å². The lowest BCUT2D eigenvalue weighted by Crippen LogP contribution is -2.17. The quantitative estimate of drug-likeness (QED) is 0.0482. The predicted octanol–water partition coefficient (Wildman–Crippen LogP) is 11.4. The molecule has 0 spiro atoms. The van der Waals surface area contributed by atoms with E-state index in [1.807, 2.05) is 19.1 Å². The summed E-state index contributed by atoms with van der Waals surface area (Å²) in [5.74, 6) is 2.88. The number of ether oxygens (including phenoxy) is 4. The molecule has 0 atom stereocenters. The van der Waals surface area contributed by atoms with Crippen molar-refractivity contribution in [3.8, 4) is 56.9 Å². The first kappa shape index (κ1) is 49.4. The summed E-state index contributed by atoms with van der Waals surface area (Å²) in [7, 11) is 0. The summed E-state index contributed by atoms with van der Waals surface area (Å²) in [6.07, 6.45) is 8.17. The normalized spacial score (nSPS) is 12.1. The van der Waals surface area contributed by atoms with Crippen molar-refractivity contribution >= 4 is 17.1 Å². The Balaban J connectivity index is 1.37. The maximum Gasteiger partial charge on any atom is 0.269 e. The molecule has 2 aromatic heterocycles. The molecule has 17 nitrogen and oxygen atoms in total. The molecule has 0 radical (unpaired) electrons. The van der Waals surface area contributed by atoms with Crippen molar-refractivity contribution in [1.82, 2.24) is 30.0 Å². The Morgan fingerprint density at radius 2 is 0.795 bits per heavy atom. The van der Waals surface area contributed by atoms with Gasteiger partial charge in [0.2, 0.25) is 0 Å². The van der Waals surface area contributed by atoms with Crippen LogP contribution in [0.4, 0.5) is 17.1 Å². The van der Waals surface area contributed by atoms with Crippen LogP contribution in [-0.4, -0.2) is 66.3 Å². The van der Waals surface area contributed by atoms with Crippen LogP contribution in [0.1, 0.15) is 97.9 Å². The van der Waals surface area contributed by atoms with Gasteiger partial charge in [-0.15, -0.1) is 10.2 Å². The number of nitro benzene ring substituents is 2. The Bertz CT molecular complexity index is 3070. The summed E-state index contributed by atoms with van der Waals surface area (Å²) in [4.78, 5) is 22.3. The van der Waals surface area contributed by atoms with Gasteiger partial charge in [0, 0.05) is 72.2 Å². The highest BCUT2D eigenvalue weighted by Gasteiger charge is 2.31. The summed E-state index contributed by atoms with van der Waals surface area (Å²) in [6.45, 7) is 10.2. The van der Waals surface area contributed by atoms with E-state index in [1.54, 1.807) is 46.0 Å². The van der Waals surface area contributed by atoms with Gasteiger partial charge in [-0.1, -0.05) is 92.7 Å². The van der Waals surface area contributed by atoms with Gasteiger partial charge in [0.15, 0.2) is 0 Å². The maximum atomic E-state index is 11.6. The summed E-state index contributed by atoms with van der Waals surface area (Å²) >= 11 is 0. The molecule has 8 bridgehead atoms. The van der Waals surface area contributed by atoms with Crippen molar-refractivity contribution in [2.24, 2.45) is 0 Å². The van der Waals surface area contributed by atoms with E-state index < -0.39 is 9.85 Å². The van der Waals surface area contributed by atoms with E-state index in [9.17, 15) is 20.2 Å². The lowest BCUT2D eigenvalue weighted by molar-refractivity contribution is -0.385. The Morgan fingerprint density at radius 3 is 1.11 bits per heavy atom. The van der Waals surface area contributed by atoms with E-state index in [0.29, 0.717) is 96.5 Å². The third-order valence-corrected chi connectivity index (χ3v) is 12.7. The number of nitrogen functional groups attached to an aromatic ring is 1. The zero-order valence-electron chi connectivity index (χ0n) is 41.4. The third-order valence-electron chi connectivity index (χ3n) is 12.7. The number of nitro groups is 2. The standard InChI is InChI=1S/C56H57N9O8/c1-5-26-70-53-38-12-9-13-39(53)31-41-15-11-17-43(55(41)72-28-7-3)33-47-52(63-35-49(59-61-63)37-20-24-45(25-21-37)65(68)69)50(57)51(62-34-48(58-60-62)36-18-22-44(23-19-36)64(66)67)46(56(47)73-29-8-4)32-42-16-10-14-40(30-38)54(42)71-27-6-2/h9-25,34-35H,5-8,26-33,57H2,1-4H3. The number of benzene rings is 6. The number of non-ortho nitro benzene ring substituents is 2. The van der Waals surface area contributed by atoms with E-state index in [4.69, 9.17) is 35.1 Å². The maximum absolute atomic E-state index is 11.6. The van der Waals surface area contributed by atoms with Gasteiger partial charge in [-0.2, -0.15) is 0 Å². The Kier molecular flexibility index (Phi) is 15.0. The first-order valence-electron chi connectivity index (χ1n) is 24.8. The second kappa shape index (κ2) is 22.2. The topological polar surface area (TPSA) is 211 Å². The number of anilines is 1. The number of para-hydroxylation sites is 3. The van der Waals surface area contributed by atoms with Crippen LogP contribution in [0.15, 0.2) is 116 Å². The molecule has 374 valence electrons. The number of nitrogens with two attached hydrogens (primary N) is 1. The van der Waals surface area contributed by atoms with Gasteiger partial charge in [-0.05, 0) is 83.3 Å². The minimum atomic E-state index is -0.448. The molecule has 73 heavy (non-hydrogen) atoms. The highest BCUT2D eigenvalue weighted by Crippen LogP contribution is 2.46. The molecule has 8 aromatic rings. The minimum Gasteiger partial charge on any atom is -0.493 e. The second-order valence-corrected chi connectivity index (χ2v) is 17.9. The molecule has 0 aliphatic heterocycles. The predicted molar refractivity (Wildman–Crippen MR) is 279 cm³/mol. The van der Waals surface area contributed by atoms with E-state index in [-0.39, 0.29) is 29.9 Å². The average molecular weight is 984 g/mol. The number of fused-ring (bicyclic) bond motifs is 8. The van der Waals surface area contributed by atoms with Gasteiger partial charge in [0.25, 0.3) is 11.4 Å². The van der Waals surface area contributed by atoms with Crippen molar-refractivity contribution in [3.05, 3.63) is 180 Å². The first-order chi connectivity index (χ1) is 35.6. The molecular formula is C56H57N9O8. The number of rotatable bonds is 18. The van der Waals surface area contributed by atoms with Crippen LogP contribution >= 0.6 is 0 Å². The molecule has 6 aromatic carbocycles. The lowest BCUT2D eigenvalue weighted by Gasteiger charge is -2.26. The van der Waals surface area contributed by atoms with Gasteiger partial charge in [-0.3, -0.25) is 20.2 Å². The Hall–Kier alpha value is -8.60. The van der Waals surface area contributed by atoms with E-state index in [0.717, 1.165) is 69.9 Å². The third kappa shape index (κ3) is 10.4. The number of aromatic nitrogens is 6. The molecule has 17 heteroatoms. The van der Waals surface area contributed by atoms with Gasteiger partial charge < -0.3 is 24.7 Å². The number of hydrogen-bond donors (Lipinski definition) is 1. The molecule has 0 unspecified atom stereocenters. The van der Waals surface area contributed by atoms with Crippen molar-refractivity contribution in [2.75, 3.05) is 32.2 Å². The highest BCUT2D eigenvalue weighted by molar-refractivity contribution is 5.81. The monoisotopic (exact) mass is 983 g/mol. The van der Waals surface area contributed by atoms with Gasteiger partial charge in [0.1, 0.15) is 34.4 Å². The van der Waals surface area contributed by atoms with Crippen molar-refractivity contribution in [3.63, 3.8) is 0 Å². The largest absolute Gasteiger partial charge is 0.493 e. The van der Waals surface area contributed by atoms with Crippen LogP contribution in [0.25, 0.3) is 33.9 Å². The molecule has 0 amide bonds. The van der Waals surface area contributed by atoms with Crippen molar-refractivity contribution in [1.29, 1.82) is 0 Å². The minimum absolute atomic E-state index is 0.0536. The molecule has 2 heterocycles. The lowest BCUT2D eigenvalue weighted by atomic mass is 9.89. The molecule has 0 fully saturated rings. The zero-order valence-corrected chi connectivity index (χ0v) is 41.4. The van der Waals surface area contributed by atoms with Crippen LogP contribution in [-0.2, 0) is 25.7 Å². The molecular weight excluding hydrogens is 927 g/mol. The Morgan fingerprint density at radius 1 is 0.479 bits per heavy atom. The average Bonchev–Trinajstić information content (AvgIpc) is 4.09. The summed E-state index contributed by atoms with van der Waals surface area (Å²) in [5.41, 5.74) is 18.1. The second-order valence-electron chi connectivity index (χ2n) is 17.9. The summed E-state index contributed by atoms with van der Waals surface area (Å²) < 4.78 is 30.6. The summed E-state index contributed by atoms with van der Waals surface area (Å²) in [6, 6.07) is 31.0. The summed E-state index contributed by atoms with van der Waals surface area (Å²) in [5, 5.41) is 41.8. The van der Waals surface area contributed by atoms with E-state index >= 15 is 0 Å². The fourth-order valence-corrected chi connectivity index (χ4v) is 9.29. The van der Waals surface area contributed by atoms with Gasteiger partial charge in [0.05, 0.1) is 65.7 Å². The van der Waals surface area contributed by atoms with Gasteiger partial charge in [-0.25, -0.2) is 9.36 Å². The number of nitrogens with zero attached hydrogens (tertiary/aromatic N) is 8. The van der Waals surface area contributed by atoms with Crippen LogP contribution < -0.4 is 24.7 Å².